The number of rotatable bonds is 7. The quantitative estimate of drug-likeness (QED) is 0.266. The first-order valence-corrected chi connectivity index (χ1v) is 13.1. The van der Waals surface area contributed by atoms with Crippen molar-refractivity contribution in [3.05, 3.63) is 99.4 Å². The van der Waals surface area contributed by atoms with Crippen LogP contribution < -0.4 is 4.74 Å². The van der Waals surface area contributed by atoms with Crippen molar-refractivity contribution in [1.82, 2.24) is 9.88 Å². The molecule has 1 aromatic heterocycles. The molecule has 0 spiro atoms. The Morgan fingerprint density at radius 2 is 1.81 bits per heavy atom. The highest BCUT2D eigenvalue weighted by Gasteiger charge is 2.35. The number of aromatic amines is 1. The maximum absolute atomic E-state index is 13.4. The molecule has 0 fully saturated rings. The number of halogens is 2. The van der Waals surface area contributed by atoms with Gasteiger partial charge in [-0.05, 0) is 78.4 Å². The zero-order chi connectivity index (χ0) is 25.9. The highest BCUT2D eigenvalue weighted by molar-refractivity contribution is 9.10. The van der Waals surface area contributed by atoms with Gasteiger partial charge in [-0.1, -0.05) is 40.2 Å². The summed E-state index contributed by atoms with van der Waals surface area (Å²) in [5, 5.41) is 19.8. The Kier molecular flexibility index (Phi) is 7.60. The van der Waals surface area contributed by atoms with Crippen molar-refractivity contribution in [3.8, 4) is 5.75 Å². The van der Waals surface area contributed by atoms with E-state index < -0.39 is 11.9 Å². The van der Waals surface area contributed by atoms with E-state index in [1.165, 1.54) is 29.8 Å². The fourth-order valence-electron chi connectivity index (χ4n) is 4.94. The van der Waals surface area contributed by atoms with Crippen molar-refractivity contribution < 1.29 is 24.1 Å². The van der Waals surface area contributed by atoms with Crippen LogP contribution in [0, 0.1) is 11.7 Å². The molecule has 37 heavy (non-hydrogen) atoms. The van der Waals surface area contributed by atoms with E-state index in [1.807, 2.05) is 36.4 Å². The zero-order valence-corrected chi connectivity index (χ0v) is 21.7. The number of aryl methyl sites for hydroxylation is 1. The summed E-state index contributed by atoms with van der Waals surface area (Å²) >= 11 is 3.57. The van der Waals surface area contributed by atoms with Crippen LogP contribution in [0.3, 0.4) is 0 Å². The van der Waals surface area contributed by atoms with Gasteiger partial charge in [0.05, 0.1) is 0 Å². The molecule has 1 aliphatic heterocycles. The van der Waals surface area contributed by atoms with Crippen LogP contribution >= 0.6 is 15.9 Å². The SMILES string of the molecule is O=C(Oc1ccc(F)cc1)N1CCc2c([nH]c3ccc(Br)cc23)C1c1ccc(CCC(CO)CO)cc1. The number of aliphatic hydroxyl groups excluding tert-OH is 2. The second-order valence-corrected chi connectivity index (χ2v) is 10.3. The molecule has 4 aromatic rings. The second-order valence-electron chi connectivity index (χ2n) is 9.39. The fraction of sp³-hybridized carbons (Fsp3) is 0.276. The molecule has 0 bridgehead atoms. The lowest BCUT2D eigenvalue weighted by Crippen LogP contribution is -2.42. The summed E-state index contributed by atoms with van der Waals surface area (Å²) in [5.41, 5.74) is 5.15. The molecule has 1 atom stereocenters. The van der Waals surface area contributed by atoms with Crippen LogP contribution in [0.15, 0.2) is 71.2 Å². The number of nitrogens with one attached hydrogen (secondary N) is 1. The molecule has 0 aliphatic carbocycles. The first-order chi connectivity index (χ1) is 18.0. The Hall–Kier alpha value is -3.20. The summed E-state index contributed by atoms with van der Waals surface area (Å²) in [4.78, 5) is 18.6. The normalized spacial score (nSPS) is 15.3. The number of nitrogens with zero attached hydrogens (tertiary/aromatic N) is 1. The number of carbonyl (C=O) groups is 1. The lowest BCUT2D eigenvalue weighted by atomic mass is 9.91. The van der Waals surface area contributed by atoms with Crippen LogP contribution in [-0.2, 0) is 12.8 Å². The zero-order valence-electron chi connectivity index (χ0n) is 20.2. The van der Waals surface area contributed by atoms with Crippen LogP contribution in [0.5, 0.6) is 5.75 Å². The molecule has 3 N–H and O–H groups in total. The number of aromatic nitrogens is 1. The molecule has 0 saturated heterocycles. The van der Waals surface area contributed by atoms with Crippen LogP contribution in [0.1, 0.15) is 34.8 Å². The van der Waals surface area contributed by atoms with E-state index in [9.17, 15) is 19.4 Å². The molecule has 0 radical (unpaired) electrons. The minimum absolute atomic E-state index is 0.0406. The lowest BCUT2D eigenvalue weighted by molar-refractivity contribution is 0.135. The summed E-state index contributed by atoms with van der Waals surface area (Å²) in [6.45, 7) is 0.385. The molecule has 0 saturated carbocycles. The standard InChI is InChI=1S/C29H28BrFN2O4/c30-21-7-12-26-25(15-21)24-13-14-33(29(36)37-23-10-8-22(31)9-11-23)28(27(24)32-26)20-5-3-18(4-6-20)1-2-19(16-34)17-35/h3-12,15,19,28,32,34-35H,1-2,13-14,16-17H2. The number of aliphatic hydroxyl groups is 2. The predicted octanol–water partition coefficient (Wildman–Crippen LogP) is 5.75. The van der Waals surface area contributed by atoms with Crippen molar-refractivity contribution in [1.29, 1.82) is 0 Å². The van der Waals surface area contributed by atoms with E-state index in [-0.39, 0.29) is 30.9 Å². The summed E-state index contributed by atoms with van der Waals surface area (Å²) in [7, 11) is 0. The number of amides is 1. The summed E-state index contributed by atoms with van der Waals surface area (Å²) in [5.74, 6) is -0.244. The van der Waals surface area contributed by atoms with Gasteiger partial charge >= 0.3 is 6.09 Å². The Bertz CT molecular complexity index is 1380. The van der Waals surface area contributed by atoms with Crippen molar-refractivity contribution in [3.63, 3.8) is 0 Å². The Labute approximate surface area is 222 Å². The van der Waals surface area contributed by atoms with Gasteiger partial charge in [-0.15, -0.1) is 0 Å². The number of ether oxygens (including phenoxy) is 1. The topological polar surface area (TPSA) is 85.8 Å². The molecule has 2 heterocycles. The van der Waals surface area contributed by atoms with E-state index in [1.54, 1.807) is 4.90 Å². The van der Waals surface area contributed by atoms with Crippen molar-refractivity contribution in [2.45, 2.75) is 25.3 Å². The Morgan fingerprint density at radius 1 is 1.08 bits per heavy atom. The van der Waals surface area contributed by atoms with Crippen LogP contribution in [0.2, 0.25) is 0 Å². The van der Waals surface area contributed by atoms with Crippen molar-refractivity contribution in [2.75, 3.05) is 19.8 Å². The van der Waals surface area contributed by atoms with E-state index >= 15 is 0 Å². The minimum atomic E-state index is -0.500. The summed E-state index contributed by atoms with van der Waals surface area (Å²) in [6, 6.07) is 19.2. The van der Waals surface area contributed by atoms with E-state index in [2.05, 4.69) is 27.0 Å². The third kappa shape index (κ3) is 5.42. The number of hydrogen-bond acceptors (Lipinski definition) is 4. The van der Waals surface area contributed by atoms with Gasteiger partial charge in [-0.25, -0.2) is 9.18 Å². The van der Waals surface area contributed by atoms with Gasteiger partial charge in [0.25, 0.3) is 0 Å². The van der Waals surface area contributed by atoms with E-state index in [4.69, 9.17) is 4.74 Å². The third-order valence-electron chi connectivity index (χ3n) is 7.00. The van der Waals surface area contributed by atoms with Crippen molar-refractivity contribution in [2.24, 2.45) is 5.92 Å². The molecular formula is C29H28BrFN2O4. The number of H-pyrrole nitrogens is 1. The maximum atomic E-state index is 13.4. The van der Waals surface area contributed by atoms with E-state index in [0.29, 0.717) is 19.4 Å². The average molecular weight is 567 g/mol. The first kappa shape index (κ1) is 25.4. The number of fused-ring (bicyclic) bond motifs is 3. The van der Waals surface area contributed by atoms with Gasteiger partial charge in [0.15, 0.2) is 0 Å². The molecule has 6 nitrogen and oxygen atoms in total. The van der Waals surface area contributed by atoms with Crippen LogP contribution in [0.4, 0.5) is 9.18 Å². The highest BCUT2D eigenvalue weighted by Crippen LogP contribution is 2.39. The molecule has 3 aromatic carbocycles. The predicted molar refractivity (Wildman–Crippen MR) is 143 cm³/mol. The molecule has 8 heteroatoms. The number of hydrogen-bond donors (Lipinski definition) is 3. The van der Waals surface area contributed by atoms with Crippen LogP contribution in [0.25, 0.3) is 10.9 Å². The fourth-order valence-corrected chi connectivity index (χ4v) is 5.30. The van der Waals surface area contributed by atoms with Gasteiger partial charge in [-0.3, -0.25) is 4.90 Å². The maximum Gasteiger partial charge on any atom is 0.416 e. The first-order valence-electron chi connectivity index (χ1n) is 12.3. The van der Waals surface area contributed by atoms with Gasteiger partial charge < -0.3 is 19.9 Å². The molecular weight excluding hydrogens is 539 g/mol. The largest absolute Gasteiger partial charge is 0.416 e. The smallest absolute Gasteiger partial charge is 0.410 e. The Morgan fingerprint density at radius 3 is 2.51 bits per heavy atom. The van der Waals surface area contributed by atoms with Gasteiger partial charge in [0.2, 0.25) is 0 Å². The summed E-state index contributed by atoms with van der Waals surface area (Å²) < 4.78 is 20.0. The van der Waals surface area contributed by atoms with Gasteiger partial charge in [0.1, 0.15) is 17.6 Å². The molecule has 192 valence electrons. The third-order valence-corrected chi connectivity index (χ3v) is 7.49. The number of carbonyl (C=O) groups excluding carboxylic acids is 1. The monoisotopic (exact) mass is 566 g/mol. The molecule has 1 unspecified atom stereocenters. The Balaban J connectivity index is 1.48. The van der Waals surface area contributed by atoms with Gasteiger partial charge in [0, 0.05) is 46.7 Å². The lowest BCUT2D eigenvalue weighted by Gasteiger charge is -2.35. The number of benzene rings is 3. The van der Waals surface area contributed by atoms with Gasteiger partial charge in [-0.2, -0.15) is 0 Å². The molecule has 1 amide bonds. The second kappa shape index (κ2) is 11.0. The minimum Gasteiger partial charge on any atom is -0.410 e. The average Bonchev–Trinajstić information content (AvgIpc) is 3.28. The summed E-state index contributed by atoms with van der Waals surface area (Å²) in [6.07, 6.45) is 1.59. The van der Waals surface area contributed by atoms with Crippen molar-refractivity contribution >= 4 is 32.9 Å². The van der Waals surface area contributed by atoms with Crippen LogP contribution in [-0.4, -0.2) is 45.9 Å². The molecule has 1 aliphatic rings. The highest BCUT2D eigenvalue weighted by atomic mass is 79.9. The van der Waals surface area contributed by atoms with E-state index in [0.717, 1.165) is 38.6 Å². The molecule has 5 rings (SSSR count).